The number of fused-ring (bicyclic) bond motifs is 1. The van der Waals surface area contributed by atoms with Crippen molar-refractivity contribution in [1.82, 2.24) is 24.6 Å². The van der Waals surface area contributed by atoms with Crippen LogP contribution < -0.4 is 10.1 Å². The summed E-state index contributed by atoms with van der Waals surface area (Å²) in [4.78, 5) is 12.1. The molecule has 278 valence electrons. The third kappa shape index (κ3) is 5.83. The first-order valence-electron chi connectivity index (χ1n) is 18.8. The molecule has 3 aliphatic carbocycles. The molecule has 0 amide bonds. The van der Waals surface area contributed by atoms with Gasteiger partial charge in [0.25, 0.3) is 0 Å². The Labute approximate surface area is 304 Å². The van der Waals surface area contributed by atoms with Crippen LogP contribution in [0.5, 0.6) is 17.5 Å². The van der Waals surface area contributed by atoms with Crippen LogP contribution in [0.1, 0.15) is 84.6 Å². The van der Waals surface area contributed by atoms with Crippen LogP contribution >= 0.6 is 0 Å². The van der Waals surface area contributed by atoms with E-state index < -0.39 is 17.4 Å². The number of aromatic hydroxyl groups is 2. The fourth-order valence-electron chi connectivity index (χ4n) is 9.76. The number of ether oxygens (including phenoxy) is 3. The standard InChI is InChI=1S/C40H51N5O7/c1-23(2)28-19-29(31(46)20-32(28)50-22-39(5)51-34-18-26-17-33(38(26,3)4)40(34,52-39)21-35(47)48)36-42-43-37(49)45(36)27-6-7-30-25(16-27)11-15-44(30)14-10-24-8-12-41-13-9-24/h6-7,11,15-16,19-20,23-24,26,33-34,41,46H,8-10,12-14,17-18,21-22H2,1-5H3,(H,43,49)(H,47,48)/t26-,33-,34+,39?,40-/m1/s1. The van der Waals surface area contributed by atoms with Crippen LogP contribution in [0.25, 0.3) is 28.0 Å². The van der Waals surface area contributed by atoms with Gasteiger partial charge in [-0.05, 0) is 117 Å². The summed E-state index contributed by atoms with van der Waals surface area (Å²) >= 11 is 0. The van der Waals surface area contributed by atoms with E-state index in [-0.39, 0.29) is 48.1 Å². The Balaban J connectivity index is 1.04. The predicted molar refractivity (Wildman–Crippen MR) is 195 cm³/mol. The number of aryl methyl sites for hydroxylation is 1. The lowest BCUT2D eigenvalue weighted by Gasteiger charge is -2.64. The second-order valence-corrected chi connectivity index (χ2v) is 16.7. The number of benzene rings is 2. The van der Waals surface area contributed by atoms with Crippen LogP contribution in [0.2, 0.25) is 0 Å². The molecule has 5 fully saturated rings. The Morgan fingerprint density at radius 3 is 2.60 bits per heavy atom. The van der Waals surface area contributed by atoms with Crippen molar-refractivity contribution < 1.29 is 34.3 Å². The summed E-state index contributed by atoms with van der Waals surface area (Å²) in [5.41, 5.74) is 2.07. The van der Waals surface area contributed by atoms with Gasteiger partial charge in [0.15, 0.2) is 5.82 Å². The number of carboxylic acid groups (broad SMARTS) is 1. The van der Waals surface area contributed by atoms with Gasteiger partial charge in [0.2, 0.25) is 5.79 Å². The molecule has 3 saturated carbocycles. The summed E-state index contributed by atoms with van der Waals surface area (Å²) in [5, 5.41) is 45.1. The number of piperidine rings is 1. The number of phenols is 1. The zero-order valence-corrected chi connectivity index (χ0v) is 30.8. The highest BCUT2D eigenvalue weighted by Gasteiger charge is 2.72. The largest absolute Gasteiger partial charge is 0.507 e. The molecule has 2 bridgehead atoms. The molecule has 0 spiro atoms. The number of aromatic nitrogens is 4. The van der Waals surface area contributed by atoms with Gasteiger partial charge in [-0.25, -0.2) is 4.57 Å². The Hall–Kier alpha value is -4.13. The van der Waals surface area contributed by atoms with Gasteiger partial charge >= 0.3 is 12.0 Å². The molecule has 4 heterocycles. The molecule has 2 aromatic heterocycles. The van der Waals surface area contributed by atoms with E-state index in [4.69, 9.17) is 14.2 Å². The topological polar surface area (TPSA) is 153 Å². The van der Waals surface area contributed by atoms with Crippen LogP contribution in [-0.4, -0.2) is 77.8 Å². The summed E-state index contributed by atoms with van der Waals surface area (Å²) in [5.74, 6) is -0.136. The highest BCUT2D eigenvalue weighted by atomic mass is 16.8. The maximum atomic E-state index is 12.1. The molecule has 0 radical (unpaired) electrons. The summed E-state index contributed by atoms with van der Waals surface area (Å²) in [6, 6.07) is 11.2. The van der Waals surface area contributed by atoms with E-state index >= 15 is 0 Å². The molecular weight excluding hydrogens is 662 g/mol. The van der Waals surface area contributed by atoms with Gasteiger partial charge in [0, 0.05) is 29.7 Å². The van der Waals surface area contributed by atoms with Crippen LogP contribution in [-0.2, 0) is 20.8 Å². The molecule has 9 rings (SSSR count). The lowest BCUT2D eigenvalue weighted by atomic mass is 9.43. The lowest BCUT2D eigenvalue weighted by Crippen LogP contribution is -2.67. The zero-order chi connectivity index (χ0) is 36.6. The molecule has 5 atom stereocenters. The number of hydrogen-bond acceptors (Lipinski definition) is 9. The van der Waals surface area contributed by atoms with Crippen molar-refractivity contribution in [3.63, 3.8) is 0 Å². The number of aliphatic carboxylic acids is 1. The van der Waals surface area contributed by atoms with Gasteiger partial charge in [-0.3, -0.25) is 4.79 Å². The average molecular weight is 714 g/mol. The van der Waals surface area contributed by atoms with Gasteiger partial charge < -0.3 is 39.4 Å². The van der Waals surface area contributed by atoms with Crippen LogP contribution in [0, 0.1) is 23.2 Å². The van der Waals surface area contributed by atoms with Crippen LogP contribution in [0.4, 0.5) is 0 Å². The Morgan fingerprint density at radius 2 is 1.87 bits per heavy atom. The molecule has 5 aliphatic rings. The van der Waals surface area contributed by atoms with E-state index in [2.05, 4.69) is 52.3 Å². The molecule has 2 aromatic carbocycles. The van der Waals surface area contributed by atoms with Crippen LogP contribution in [0.15, 0.2) is 42.6 Å². The molecule has 2 saturated heterocycles. The maximum Gasteiger partial charge on any atom is 0.319 e. The molecule has 4 aromatic rings. The van der Waals surface area contributed by atoms with E-state index in [1.54, 1.807) is 10.6 Å². The zero-order valence-electron chi connectivity index (χ0n) is 30.8. The van der Waals surface area contributed by atoms with E-state index in [9.17, 15) is 20.1 Å². The first kappa shape index (κ1) is 34.9. The number of nitrogens with one attached hydrogen (secondary N) is 1. The number of carboxylic acids is 1. The third-order valence-electron chi connectivity index (χ3n) is 12.7. The average Bonchev–Trinajstić information content (AvgIpc) is 3.78. The summed E-state index contributed by atoms with van der Waals surface area (Å²) in [6.07, 6.45) is 6.94. The van der Waals surface area contributed by atoms with Crippen molar-refractivity contribution in [1.29, 1.82) is 0 Å². The smallest absolute Gasteiger partial charge is 0.319 e. The first-order valence-corrected chi connectivity index (χ1v) is 18.8. The SMILES string of the molecule is CC(C)c1cc(-c2nnc(O)n2-c2ccc3c(ccn3CCC3CCNCC3)c2)c(O)cc1OCC1(C)O[C@H]2C[C@H]3C[C@H](C3(C)C)[C@@]2(CC(=O)O)O1. The predicted octanol–water partition coefficient (Wildman–Crippen LogP) is 6.60. The number of hydrogen-bond donors (Lipinski definition) is 4. The van der Waals surface area contributed by atoms with E-state index in [1.807, 2.05) is 39.0 Å². The van der Waals surface area contributed by atoms with Crippen molar-refractivity contribution in [2.75, 3.05) is 19.7 Å². The Bertz CT molecular complexity index is 2000. The van der Waals surface area contributed by atoms with Crippen molar-refractivity contribution >= 4 is 16.9 Å². The minimum Gasteiger partial charge on any atom is -0.507 e. The molecule has 12 nitrogen and oxygen atoms in total. The van der Waals surface area contributed by atoms with Gasteiger partial charge in [-0.2, -0.15) is 0 Å². The summed E-state index contributed by atoms with van der Waals surface area (Å²) < 4.78 is 23.4. The second kappa shape index (κ2) is 12.8. The minimum absolute atomic E-state index is 0.00696. The van der Waals surface area contributed by atoms with Gasteiger partial charge in [0.1, 0.15) is 23.7 Å². The van der Waals surface area contributed by atoms with Gasteiger partial charge in [-0.15, -0.1) is 5.10 Å². The number of phenolic OH excluding ortho intramolecular Hbond substituents is 1. The van der Waals surface area contributed by atoms with Gasteiger partial charge in [0.05, 0.1) is 23.8 Å². The lowest BCUT2D eigenvalue weighted by molar-refractivity contribution is -0.241. The summed E-state index contributed by atoms with van der Waals surface area (Å²) in [6.45, 7) is 13.4. The monoisotopic (exact) mass is 713 g/mol. The number of nitrogens with zero attached hydrogens (tertiary/aromatic N) is 4. The number of carbonyl (C=O) groups is 1. The quantitative estimate of drug-likeness (QED) is 0.134. The Morgan fingerprint density at radius 1 is 1.08 bits per heavy atom. The fourth-order valence-corrected chi connectivity index (χ4v) is 9.76. The van der Waals surface area contributed by atoms with Crippen molar-refractivity contribution in [3.05, 3.63) is 48.2 Å². The van der Waals surface area contributed by atoms with Crippen LogP contribution in [0.3, 0.4) is 0 Å². The molecular formula is C40H51N5O7. The molecule has 1 unspecified atom stereocenters. The highest BCUT2D eigenvalue weighted by Crippen LogP contribution is 2.68. The van der Waals surface area contributed by atoms with Gasteiger partial charge in [-0.1, -0.05) is 32.8 Å². The maximum absolute atomic E-state index is 12.1. The molecule has 12 heteroatoms. The van der Waals surface area contributed by atoms with E-state index in [0.29, 0.717) is 28.7 Å². The number of rotatable bonds is 11. The Kier molecular flexibility index (Phi) is 8.58. The first-order chi connectivity index (χ1) is 24.8. The van der Waals surface area contributed by atoms with E-state index in [0.717, 1.165) is 61.3 Å². The van der Waals surface area contributed by atoms with Crippen molar-refractivity contribution in [2.45, 2.75) is 103 Å². The molecule has 52 heavy (non-hydrogen) atoms. The van der Waals surface area contributed by atoms with Crippen molar-refractivity contribution in [2.24, 2.45) is 23.2 Å². The van der Waals surface area contributed by atoms with E-state index in [1.165, 1.54) is 12.8 Å². The molecule has 2 aliphatic heterocycles. The normalized spacial score (nSPS) is 28.2. The minimum atomic E-state index is -1.17. The highest BCUT2D eigenvalue weighted by molar-refractivity contribution is 5.83. The third-order valence-corrected chi connectivity index (χ3v) is 12.7. The summed E-state index contributed by atoms with van der Waals surface area (Å²) in [7, 11) is 0. The fraction of sp³-hybridized carbons (Fsp3) is 0.575. The second-order valence-electron chi connectivity index (χ2n) is 16.7. The molecule has 4 N–H and O–H groups in total. The van der Waals surface area contributed by atoms with Crippen molar-refractivity contribution in [3.8, 4) is 34.6 Å².